The second kappa shape index (κ2) is 2.71. The summed E-state index contributed by atoms with van der Waals surface area (Å²) >= 11 is 0. The van der Waals surface area contributed by atoms with E-state index >= 15 is 0 Å². The average Bonchev–Trinajstić information content (AvgIpc) is 2.75. The molecule has 0 amide bonds. The molecule has 0 bridgehead atoms. The molecule has 3 atom stereocenters. The lowest BCUT2D eigenvalue weighted by Crippen LogP contribution is -2.38. The van der Waals surface area contributed by atoms with E-state index in [2.05, 4.69) is 20.8 Å². The molecule has 0 unspecified atom stereocenters. The standard InChI is InChI=1S/C11H20O2/c1-10(2,12-4)8-5-6-11(3)9(7-8)13-11/h8-9H,5-7H2,1-4H3/t8-,9+,11-/m0/s1. The van der Waals surface area contributed by atoms with Crippen LogP contribution in [-0.2, 0) is 9.47 Å². The number of epoxide rings is 1. The van der Waals surface area contributed by atoms with Crippen LogP contribution in [0.2, 0.25) is 0 Å². The summed E-state index contributed by atoms with van der Waals surface area (Å²) in [5, 5.41) is 0. The molecule has 2 nitrogen and oxygen atoms in total. The van der Waals surface area contributed by atoms with E-state index in [9.17, 15) is 0 Å². The van der Waals surface area contributed by atoms with Gasteiger partial charge in [-0.05, 0) is 46.0 Å². The number of methoxy groups -OCH3 is 1. The van der Waals surface area contributed by atoms with Crippen LogP contribution in [0.1, 0.15) is 40.0 Å². The van der Waals surface area contributed by atoms with Crippen molar-refractivity contribution in [3.05, 3.63) is 0 Å². The molecule has 2 fully saturated rings. The van der Waals surface area contributed by atoms with Gasteiger partial charge in [0.05, 0.1) is 17.3 Å². The molecule has 0 radical (unpaired) electrons. The van der Waals surface area contributed by atoms with Gasteiger partial charge in [-0.3, -0.25) is 0 Å². The van der Waals surface area contributed by atoms with Gasteiger partial charge in [0.2, 0.25) is 0 Å². The molecule has 0 aromatic heterocycles. The number of fused-ring (bicyclic) bond motifs is 1. The molecular weight excluding hydrogens is 164 g/mol. The topological polar surface area (TPSA) is 21.8 Å². The Morgan fingerprint density at radius 2 is 2.15 bits per heavy atom. The van der Waals surface area contributed by atoms with Crippen molar-refractivity contribution in [2.45, 2.75) is 57.3 Å². The average molecular weight is 184 g/mol. The second-order valence-electron chi connectivity index (χ2n) is 5.20. The molecule has 1 saturated heterocycles. The SMILES string of the molecule is COC(C)(C)[C@H]1CC[C@]2(C)O[C@@H]2C1. The molecular formula is C11H20O2. The van der Waals surface area contributed by atoms with E-state index in [1.54, 1.807) is 0 Å². The van der Waals surface area contributed by atoms with E-state index in [0.717, 1.165) is 0 Å². The minimum atomic E-state index is 0.0211. The smallest absolute Gasteiger partial charge is 0.0920 e. The molecule has 1 heterocycles. The summed E-state index contributed by atoms with van der Waals surface area (Å²) in [5.74, 6) is 0.665. The molecule has 1 saturated carbocycles. The lowest BCUT2D eigenvalue weighted by atomic mass is 9.75. The fourth-order valence-corrected chi connectivity index (χ4v) is 2.44. The van der Waals surface area contributed by atoms with Crippen molar-refractivity contribution in [1.29, 1.82) is 0 Å². The maximum atomic E-state index is 5.68. The van der Waals surface area contributed by atoms with Crippen LogP contribution >= 0.6 is 0 Å². The Hall–Kier alpha value is -0.0800. The Labute approximate surface area is 80.6 Å². The van der Waals surface area contributed by atoms with Crippen LogP contribution < -0.4 is 0 Å². The number of ether oxygens (including phenoxy) is 2. The third kappa shape index (κ3) is 1.50. The van der Waals surface area contributed by atoms with E-state index in [-0.39, 0.29) is 11.2 Å². The highest BCUT2D eigenvalue weighted by molar-refractivity contribution is 5.05. The van der Waals surface area contributed by atoms with Crippen LogP contribution in [0.3, 0.4) is 0 Å². The summed E-state index contributed by atoms with van der Waals surface area (Å²) in [4.78, 5) is 0. The highest BCUT2D eigenvalue weighted by Gasteiger charge is 2.57. The van der Waals surface area contributed by atoms with Gasteiger partial charge in [-0.2, -0.15) is 0 Å². The van der Waals surface area contributed by atoms with Gasteiger partial charge in [0.25, 0.3) is 0 Å². The second-order valence-corrected chi connectivity index (χ2v) is 5.20. The molecule has 1 aliphatic carbocycles. The number of hydrogen-bond acceptors (Lipinski definition) is 2. The van der Waals surface area contributed by atoms with Gasteiger partial charge >= 0.3 is 0 Å². The van der Waals surface area contributed by atoms with Gasteiger partial charge in [0.1, 0.15) is 0 Å². The van der Waals surface area contributed by atoms with Crippen molar-refractivity contribution >= 4 is 0 Å². The largest absolute Gasteiger partial charge is 0.379 e. The summed E-state index contributed by atoms with van der Waals surface area (Å²) in [7, 11) is 1.81. The van der Waals surface area contributed by atoms with E-state index in [1.165, 1.54) is 19.3 Å². The van der Waals surface area contributed by atoms with Gasteiger partial charge in [-0.1, -0.05) is 0 Å². The van der Waals surface area contributed by atoms with E-state index in [0.29, 0.717) is 12.0 Å². The highest BCUT2D eigenvalue weighted by Crippen LogP contribution is 2.51. The Balaban J connectivity index is 1.97. The molecule has 0 aromatic rings. The maximum Gasteiger partial charge on any atom is 0.0920 e. The minimum Gasteiger partial charge on any atom is -0.379 e. The predicted octanol–water partition coefficient (Wildman–Crippen LogP) is 2.37. The van der Waals surface area contributed by atoms with Gasteiger partial charge in [0.15, 0.2) is 0 Å². The molecule has 0 spiro atoms. The molecule has 76 valence electrons. The number of rotatable bonds is 2. The van der Waals surface area contributed by atoms with Gasteiger partial charge < -0.3 is 9.47 Å². The monoisotopic (exact) mass is 184 g/mol. The third-order valence-electron chi connectivity index (χ3n) is 4.03. The van der Waals surface area contributed by atoms with Crippen molar-refractivity contribution in [2.75, 3.05) is 7.11 Å². The maximum absolute atomic E-state index is 5.68. The van der Waals surface area contributed by atoms with Gasteiger partial charge in [-0.15, -0.1) is 0 Å². The summed E-state index contributed by atoms with van der Waals surface area (Å²) in [6, 6.07) is 0. The summed E-state index contributed by atoms with van der Waals surface area (Å²) < 4.78 is 11.2. The molecule has 2 rings (SSSR count). The molecule has 13 heavy (non-hydrogen) atoms. The lowest BCUT2D eigenvalue weighted by molar-refractivity contribution is -0.0391. The van der Waals surface area contributed by atoms with Crippen LogP contribution in [-0.4, -0.2) is 24.4 Å². The first-order chi connectivity index (χ1) is 5.98. The molecule has 2 aliphatic rings. The van der Waals surface area contributed by atoms with Crippen LogP contribution in [0, 0.1) is 5.92 Å². The van der Waals surface area contributed by atoms with Crippen LogP contribution in [0.4, 0.5) is 0 Å². The van der Waals surface area contributed by atoms with Crippen molar-refractivity contribution in [3.8, 4) is 0 Å². The summed E-state index contributed by atoms with van der Waals surface area (Å²) in [6.45, 7) is 6.60. The highest BCUT2D eigenvalue weighted by atomic mass is 16.6. The van der Waals surface area contributed by atoms with Crippen molar-refractivity contribution < 1.29 is 9.47 Å². The Kier molecular flexibility index (Phi) is 1.97. The molecule has 0 N–H and O–H groups in total. The van der Waals surface area contributed by atoms with Crippen LogP contribution in [0.15, 0.2) is 0 Å². The lowest BCUT2D eigenvalue weighted by Gasteiger charge is -2.35. The fraction of sp³-hybridized carbons (Fsp3) is 1.00. The summed E-state index contributed by atoms with van der Waals surface area (Å²) in [5.41, 5.74) is 0.258. The van der Waals surface area contributed by atoms with E-state index < -0.39 is 0 Å². The Morgan fingerprint density at radius 1 is 1.46 bits per heavy atom. The first kappa shape index (κ1) is 9.47. The molecule has 0 aromatic carbocycles. The molecule has 1 aliphatic heterocycles. The molecule has 2 heteroatoms. The van der Waals surface area contributed by atoms with Crippen LogP contribution in [0.25, 0.3) is 0 Å². The zero-order valence-corrected chi connectivity index (χ0v) is 9.09. The van der Waals surface area contributed by atoms with E-state index in [4.69, 9.17) is 9.47 Å². The zero-order valence-electron chi connectivity index (χ0n) is 9.09. The quantitative estimate of drug-likeness (QED) is 0.614. The predicted molar refractivity (Wildman–Crippen MR) is 51.7 cm³/mol. The first-order valence-corrected chi connectivity index (χ1v) is 5.21. The Bertz CT molecular complexity index is 212. The first-order valence-electron chi connectivity index (χ1n) is 5.21. The zero-order chi connectivity index (χ0) is 9.69. The van der Waals surface area contributed by atoms with Gasteiger partial charge in [0, 0.05) is 7.11 Å². The minimum absolute atomic E-state index is 0.0211. The van der Waals surface area contributed by atoms with Crippen molar-refractivity contribution in [3.63, 3.8) is 0 Å². The van der Waals surface area contributed by atoms with E-state index in [1.807, 2.05) is 7.11 Å². The van der Waals surface area contributed by atoms with Crippen LogP contribution in [0.5, 0.6) is 0 Å². The van der Waals surface area contributed by atoms with Crippen molar-refractivity contribution in [1.82, 2.24) is 0 Å². The van der Waals surface area contributed by atoms with Gasteiger partial charge in [-0.25, -0.2) is 0 Å². The Morgan fingerprint density at radius 3 is 2.69 bits per heavy atom. The normalized spacial score (nSPS) is 44.3. The van der Waals surface area contributed by atoms with Crippen molar-refractivity contribution in [2.24, 2.45) is 5.92 Å². The number of hydrogen-bond donors (Lipinski definition) is 0. The summed E-state index contributed by atoms with van der Waals surface area (Å²) in [6.07, 6.45) is 4.14. The fourth-order valence-electron chi connectivity index (χ4n) is 2.44. The third-order valence-corrected chi connectivity index (χ3v) is 4.03.